The number of nitrogens with one attached hydrogen (secondary N) is 2. The van der Waals surface area contributed by atoms with Gasteiger partial charge >= 0.3 is 0 Å². The van der Waals surface area contributed by atoms with Gasteiger partial charge in [-0.25, -0.2) is 0 Å². The van der Waals surface area contributed by atoms with Crippen LogP contribution >= 0.6 is 0 Å². The lowest BCUT2D eigenvalue weighted by Gasteiger charge is -2.25. The van der Waals surface area contributed by atoms with Crippen LogP contribution in [0.15, 0.2) is 0 Å². The molecule has 1 aliphatic heterocycles. The van der Waals surface area contributed by atoms with E-state index in [1.165, 1.54) is 13.8 Å². The molecule has 3 N–H and O–H groups in total. The van der Waals surface area contributed by atoms with Gasteiger partial charge in [-0.3, -0.25) is 4.79 Å². The molecule has 5 heteroatoms. The summed E-state index contributed by atoms with van der Waals surface area (Å²) in [7, 11) is 0. The van der Waals surface area contributed by atoms with E-state index < -0.39 is 5.60 Å². The first-order valence-corrected chi connectivity index (χ1v) is 4.83. The predicted octanol–water partition coefficient (Wildman–Crippen LogP) is -1.14. The van der Waals surface area contributed by atoms with Crippen LogP contribution in [0.1, 0.15) is 13.8 Å². The van der Waals surface area contributed by atoms with E-state index in [1.807, 2.05) is 0 Å². The summed E-state index contributed by atoms with van der Waals surface area (Å²) in [6.45, 7) is 5.63. The Bertz CT molecular complexity index is 195. The zero-order valence-electron chi connectivity index (χ0n) is 8.67. The van der Waals surface area contributed by atoms with E-state index in [1.54, 1.807) is 0 Å². The average molecular weight is 202 g/mol. The number of ether oxygens (including phenoxy) is 1. The highest BCUT2D eigenvalue weighted by molar-refractivity contribution is 5.83. The van der Waals surface area contributed by atoms with E-state index >= 15 is 0 Å². The maximum atomic E-state index is 11.3. The molecule has 0 aromatic carbocycles. The van der Waals surface area contributed by atoms with Crippen LogP contribution in [-0.4, -0.2) is 49.0 Å². The standard InChI is InChI=1S/C9H18N2O3/c1-9(2,13)8(12)11-6-7-5-10-3-4-14-7/h7,10,13H,3-6H2,1-2H3,(H,11,12). The monoisotopic (exact) mass is 202 g/mol. The van der Waals surface area contributed by atoms with E-state index in [0.717, 1.165) is 13.1 Å². The smallest absolute Gasteiger partial charge is 0.251 e. The first-order chi connectivity index (χ1) is 6.50. The molecule has 1 unspecified atom stereocenters. The number of amides is 1. The van der Waals surface area contributed by atoms with Crippen molar-refractivity contribution in [3.8, 4) is 0 Å². The second kappa shape index (κ2) is 4.72. The van der Waals surface area contributed by atoms with Crippen LogP contribution in [0.3, 0.4) is 0 Å². The molecule has 0 bridgehead atoms. The zero-order valence-corrected chi connectivity index (χ0v) is 8.67. The van der Waals surface area contributed by atoms with E-state index in [4.69, 9.17) is 4.74 Å². The van der Waals surface area contributed by atoms with Crippen LogP contribution in [0.5, 0.6) is 0 Å². The minimum atomic E-state index is -1.32. The molecule has 1 fully saturated rings. The maximum absolute atomic E-state index is 11.3. The second-order valence-electron chi connectivity index (χ2n) is 3.97. The Morgan fingerprint density at radius 2 is 2.43 bits per heavy atom. The summed E-state index contributed by atoms with van der Waals surface area (Å²) in [4.78, 5) is 11.3. The van der Waals surface area contributed by atoms with Crippen LogP contribution in [-0.2, 0) is 9.53 Å². The molecule has 0 aromatic heterocycles. The Morgan fingerprint density at radius 3 is 2.93 bits per heavy atom. The summed E-state index contributed by atoms with van der Waals surface area (Å²) in [6, 6.07) is 0. The van der Waals surface area contributed by atoms with Gasteiger partial charge in [-0.15, -0.1) is 0 Å². The molecule has 1 heterocycles. The Kier molecular flexibility index (Phi) is 3.86. The molecule has 14 heavy (non-hydrogen) atoms. The van der Waals surface area contributed by atoms with Gasteiger partial charge in [-0.05, 0) is 13.8 Å². The number of rotatable bonds is 3. The van der Waals surface area contributed by atoms with Crippen molar-refractivity contribution in [3.63, 3.8) is 0 Å². The van der Waals surface area contributed by atoms with Crippen LogP contribution < -0.4 is 10.6 Å². The molecule has 1 rings (SSSR count). The molecule has 1 aliphatic rings. The zero-order chi connectivity index (χ0) is 10.6. The van der Waals surface area contributed by atoms with Crippen LogP contribution in [0.25, 0.3) is 0 Å². The first kappa shape index (κ1) is 11.4. The topological polar surface area (TPSA) is 70.6 Å². The summed E-state index contributed by atoms with van der Waals surface area (Å²) < 4.78 is 5.38. The van der Waals surface area contributed by atoms with Crippen molar-refractivity contribution in [2.75, 3.05) is 26.2 Å². The number of carbonyl (C=O) groups is 1. The van der Waals surface area contributed by atoms with Crippen molar-refractivity contribution in [3.05, 3.63) is 0 Å². The van der Waals surface area contributed by atoms with Gasteiger partial charge in [-0.1, -0.05) is 0 Å². The molecule has 0 radical (unpaired) electrons. The van der Waals surface area contributed by atoms with Gasteiger partial charge in [0.15, 0.2) is 0 Å². The number of aliphatic hydroxyl groups is 1. The van der Waals surface area contributed by atoms with E-state index in [2.05, 4.69) is 10.6 Å². The van der Waals surface area contributed by atoms with Gasteiger partial charge in [0.05, 0.1) is 12.7 Å². The third kappa shape index (κ3) is 3.61. The number of carbonyl (C=O) groups excluding carboxylic acids is 1. The summed E-state index contributed by atoms with van der Waals surface area (Å²) in [6.07, 6.45) is 0.00931. The van der Waals surface area contributed by atoms with Gasteiger partial charge in [0, 0.05) is 19.6 Å². The van der Waals surface area contributed by atoms with E-state index in [-0.39, 0.29) is 12.0 Å². The average Bonchev–Trinajstić information content (AvgIpc) is 2.14. The molecule has 0 aromatic rings. The third-order valence-corrected chi connectivity index (χ3v) is 2.05. The fourth-order valence-electron chi connectivity index (χ4n) is 1.17. The van der Waals surface area contributed by atoms with Crippen molar-refractivity contribution >= 4 is 5.91 Å². The summed E-state index contributed by atoms with van der Waals surface area (Å²) in [5.74, 6) is -0.369. The molecule has 1 amide bonds. The molecule has 0 aliphatic carbocycles. The Balaban J connectivity index is 2.22. The quantitative estimate of drug-likeness (QED) is 0.541. The fraction of sp³-hybridized carbons (Fsp3) is 0.889. The lowest BCUT2D eigenvalue weighted by molar-refractivity contribution is -0.137. The molecule has 0 saturated carbocycles. The Hall–Kier alpha value is -0.650. The van der Waals surface area contributed by atoms with Crippen molar-refractivity contribution < 1.29 is 14.6 Å². The number of hydrogen-bond donors (Lipinski definition) is 3. The van der Waals surface area contributed by atoms with Gasteiger partial charge < -0.3 is 20.5 Å². The Morgan fingerprint density at radius 1 is 1.71 bits per heavy atom. The van der Waals surface area contributed by atoms with Crippen LogP contribution in [0, 0.1) is 0 Å². The van der Waals surface area contributed by atoms with Crippen molar-refractivity contribution in [2.24, 2.45) is 0 Å². The summed E-state index contributed by atoms with van der Waals surface area (Å²) in [5.41, 5.74) is -1.32. The molecule has 82 valence electrons. The minimum Gasteiger partial charge on any atom is -0.381 e. The predicted molar refractivity (Wildman–Crippen MR) is 51.9 cm³/mol. The SMILES string of the molecule is CC(C)(O)C(=O)NCC1CNCCO1. The van der Waals surface area contributed by atoms with E-state index in [9.17, 15) is 9.90 Å². The normalized spacial score (nSPS) is 23.2. The highest BCUT2D eigenvalue weighted by atomic mass is 16.5. The molecule has 0 spiro atoms. The van der Waals surface area contributed by atoms with Crippen LogP contribution in [0.2, 0.25) is 0 Å². The van der Waals surface area contributed by atoms with Crippen molar-refractivity contribution in [1.29, 1.82) is 0 Å². The highest BCUT2D eigenvalue weighted by Gasteiger charge is 2.24. The number of hydrogen-bond acceptors (Lipinski definition) is 4. The molecule has 5 nitrogen and oxygen atoms in total. The van der Waals surface area contributed by atoms with E-state index in [0.29, 0.717) is 13.2 Å². The third-order valence-electron chi connectivity index (χ3n) is 2.05. The van der Waals surface area contributed by atoms with Gasteiger partial charge in [-0.2, -0.15) is 0 Å². The van der Waals surface area contributed by atoms with Crippen LogP contribution in [0.4, 0.5) is 0 Å². The molecular formula is C9H18N2O3. The maximum Gasteiger partial charge on any atom is 0.251 e. The van der Waals surface area contributed by atoms with Gasteiger partial charge in [0.2, 0.25) is 0 Å². The highest BCUT2D eigenvalue weighted by Crippen LogP contribution is 2.01. The van der Waals surface area contributed by atoms with Gasteiger partial charge in [0.1, 0.15) is 5.60 Å². The lowest BCUT2D eigenvalue weighted by Crippen LogP contribution is -2.49. The first-order valence-electron chi connectivity index (χ1n) is 4.83. The fourth-order valence-corrected chi connectivity index (χ4v) is 1.17. The van der Waals surface area contributed by atoms with Crippen molar-refractivity contribution in [2.45, 2.75) is 25.6 Å². The Labute approximate surface area is 83.8 Å². The lowest BCUT2D eigenvalue weighted by atomic mass is 10.1. The largest absolute Gasteiger partial charge is 0.381 e. The second-order valence-corrected chi connectivity index (χ2v) is 3.97. The molecule has 1 atom stereocenters. The van der Waals surface area contributed by atoms with Crippen molar-refractivity contribution in [1.82, 2.24) is 10.6 Å². The summed E-state index contributed by atoms with van der Waals surface area (Å²) in [5, 5.41) is 15.1. The molecule has 1 saturated heterocycles. The molecular weight excluding hydrogens is 184 g/mol. The van der Waals surface area contributed by atoms with Gasteiger partial charge in [0.25, 0.3) is 5.91 Å². The number of morpholine rings is 1. The summed E-state index contributed by atoms with van der Waals surface area (Å²) >= 11 is 0. The minimum absolute atomic E-state index is 0.00931.